The number of rotatable bonds is 2. The number of ketones is 1. The number of carbonyl (C=O) groups excluding carboxylic acids is 1. The number of nitrogens with zero attached hydrogens (tertiary/aromatic N) is 1. The van der Waals surface area contributed by atoms with E-state index < -0.39 is 0 Å². The molecule has 4 aromatic rings. The molecular formula is C26H15Cl2NO3. The van der Waals surface area contributed by atoms with E-state index in [1.165, 1.54) is 0 Å². The van der Waals surface area contributed by atoms with E-state index >= 15 is 0 Å². The fraction of sp³-hybridized carbons (Fsp3) is 0.0385. The third-order valence-corrected chi connectivity index (χ3v) is 6.32. The molecule has 3 aromatic carbocycles. The maximum absolute atomic E-state index is 13.0. The Bertz CT molecular complexity index is 1420. The summed E-state index contributed by atoms with van der Waals surface area (Å²) in [7, 11) is 0. The van der Waals surface area contributed by atoms with Crippen LogP contribution < -0.4 is 9.64 Å². The highest BCUT2D eigenvalue weighted by molar-refractivity contribution is 6.38. The SMILES string of the molecule is O=C1/C(=C\c2cc3c(o2)N(c2ccccc2)c2ccccc2O3)Cc2c(Cl)ccc(Cl)c21. The molecule has 0 fully saturated rings. The number of para-hydroxylation sites is 3. The van der Waals surface area contributed by atoms with Crippen LogP contribution in [-0.4, -0.2) is 5.78 Å². The summed E-state index contributed by atoms with van der Waals surface area (Å²) in [5.41, 5.74) is 3.62. The van der Waals surface area contributed by atoms with Gasteiger partial charge in [0.1, 0.15) is 5.76 Å². The highest BCUT2D eigenvalue weighted by Gasteiger charge is 2.32. The number of carbonyl (C=O) groups is 1. The molecule has 4 nitrogen and oxygen atoms in total. The van der Waals surface area contributed by atoms with Gasteiger partial charge in [-0.15, -0.1) is 0 Å². The monoisotopic (exact) mass is 459 g/mol. The first-order chi connectivity index (χ1) is 15.6. The minimum atomic E-state index is -0.133. The number of allylic oxidation sites excluding steroid dienone is 1. The number of Topliss-reactive ketones (excluding diaryl/α,β-unsaturated/α-hetero) is 1. The molecule has 0 unspecified atom stereocenters. The van der Waals surface area contributed by atoms with Crippen molar-refractivity contribution in [2.24, 2.45) is 0 Å². The first kappa shape index (κ1) is 19.2. The van der Waals surface area contributed by atoms with Crippen LogP contribution in [0.25, 0.3) is 6.08 Å². The quantitative estimate of drug-likeness (QED) is 0.251. The summed E-state index contributed by atoms with van der Waals surface area (Å²) in [6.45, 7) is 0. The Hall–Kier alpha value is -3.47. The van der Waals surface area contributed by atoms with Crippen LogP contribution in [0.1, 0.15) is 21.7 Å². The molecule has 2 aliphatic rings. The Morgan fingerprint density at radius 2 is 1.62 bits per heavy atom. The summed E-state index contributed by atoms with van der Waals surface area (Å²) >= 11 is 12.6. The van der Waals surface area contributed by atoms with E-state index in [0.717, 1.165) is 22.7 Å². The van der Waals surface area contributed by atoms with Crippen molar-refractivity contribution in [2.75, 3.05) is 4.90 Å². The minimum absolute atomic E-state index is 0.133. The van der Waals surface area contributed by atoms with Gasteiger partial charge in [-0.25, -0.2) is 0 Å². The first-order valence-corrected chi connectivity index (χ1v) is 10.8. The third kappa shape index (κ3) is 2.95. The number of hydrogen-bond acceptors (Lipinski definition) is 4. The van der Waals surface area contributed by atoms with Crippen LogP contribution in [0.2, 0.25) is 10.0 Å². The number of halogens is 2. The lowest BCUT2D eigenvalue weighted by Crippen LogP contribution is -2.14. The van der Waals surface area contributed by atoms with Crippen LogP contribution in [0.5, 0.6) is 11.5 Å². The zero-order valence-corrected chi connectivity index (χ0v) is 18.2. The van der Waals surface area contributed by atoms with Crippen molar-refractivity contribution >= 4 is 52.3 Å². The molecule has 1 aromatic heterocycles. The molecule has 156 valence electrons. The standard InChI is InChI=1S/C26H15Cl2NO3/c27-19-10-11-20(28)24-18(19)13-15(25(24)30)12-17-14-23-26(31-17)29(16-6-2-1-3-7-16)21-8-4-5-9-22(21)32-23/h1-12,14H,13H2/b15-12-. The number of ether oxygens (including phenoxy) is 1. The molecule has 0 N–H and O–H groups in total. The molecule has 2 heterocycles. The van der Waals surface area contributed by atoms with E-state index in [9.17, 15) is 4.79 Å². The second-order valence-corrected chi connectivity index (χ2v) is 8.43. The number of benzene rings is 3. The van der Waals surface area contributed by atoms with Crippen molar-refractivity contribution in [1.82, 2.24) is 0 Å². The summed E-state index contributed by atoms with van der Waals surface area (Å²) < 4.78 is 12.3. The molecule has 0 bridgehead atoms. The van der Waals surface area contributed by atoms with Gasteiger partial charge in [0, 0.05) is 34.3 Å². The zero-order valence-electron chi connectivity index (χ0n) is 16.6. The van der Waals surface area contributed by atoms with Gasteiger partial charge < -0.3 is 9.15 Å². The van der Waals surface area contributed by atoms with E-state index in [1.54, 1.807) is 24.3 Å². The Morgan fingerprint density at radius 1 is 0.875 bits per heavy atom. The largest absolute Gasteiger partial charge is 0.449 e. The molecule has 0 atom stereocenters. The van der Waals surface area contributed by atoms with Gasteiger partial charge in [-0.05, 0) is 48.0 Å². The number of fused-ring (bicyclic) bond motifs is 3. The van der Waals surface area contributed by atoms with E-state index in [1.807, 2.05) is 59.5 Å². The Balaban J connectivity index is 1.44. The number of hydrogen-bond donors (Lipinski definition) is 0. The number of furan rings is 1. The van der Waals surface area contributed by atoms with Crippen molar-refractivity contribution in [3.8, 4) is 11.5 Å². The average molecular weight is 460 g/mol. The van der Waals surface area contributed by atoms with Gasteiger partial charge in [-0.2, -0.15) is 0 Å². The lowest BCUT2D eigenvalue weighted by atomic mass is 10.1. The van der Waals surface area contributed by atoms with E-state index in [2.05, 4.69) is 0 Å². The van der Waals surface area contributed by atoms with E-state index in [-0.39, 0.29) is 5.78 Å². The van der Waals surface area contributed by atoms with Gasteiger partial charge in [0.2, 0.25) is 5.88 Å². The van der Waals surface area contributed by atoms with Gasteiger partial charge in [0.15, 0.2) is 17.3 Å². The van der Waals surface area contributed by atoms with Crippen LogP contribution in [0.3, 0.4) is 0 Å². The maximum Gasteiger partial charge on any atom is 0.248 e. The minimum Gasteiger partial charge on any atom is -0.449 e. The van der Waals surface area contributed by atoms with Crippen molar-refractivity contribution in [1.29, 1.82) is 0 Å². The summed E-state index contributed by atoms with van der Waals surface area (Å²) in [4.78, 5) is 15.0. The van der Waals surface area contributed by atoms with Crippen LogP contribution in [0.15, 0.2) is 82.8 Å². The summed E-state index contributed by atoms with van der Waals surface area (Å²) in [5, 5.41) is 0.944. The number of anilines is 3. The molecular weight excluding hydrogens is 445 g/mol. The van der Waals surface area contributed by atoms with Crippen molar-refractivity contribution in [3.63, 3.8) is 0 Å². The summed E-state index contributed by atoms with van der Waals surface area (Å²) in [6, 6.07) is 22.9. The second-order valence-electron chi connectivity index (χ2n) is 7.62. The molecule has 0 saturated carbocycles. The highest BCUT2D eigenvalue weighted by Crippen LogP contribution is 2.52. The Morgan fingerprint density at radius 3 is 2.44 bits per heavy atom. The van der Waals surface area contributed by atoms with Gasteiger partial charge in [0.25, 0.3) is 0 Å². The summed E-state index contributed by atoms with van der Waals surface area (Å²) in [6.07, 6.45) is 2.15. The van der Waals surface area contributed by atoms with Gasteiger partial charge in [-0.1, -0.05) is 53.5 Å². The van der Waals surface area contributed by atoms with Crippen LogP contribution >= 0.6 is 23.2 Å². The fourth-order valence-corrected chi connectivity index (χ4v) is 4.69. The lowest BCUT2D eigenvalue weighted by molar-refractivity contribution is 0.104. The second kappa shape index (κ2) is 7.30. The van der Waals surface area contributed by atoms with Crippen molar-refractivity contribution < 1.29 is 13.9 Å². The van der Waals surface area contributed by atoms with Crippen LogP contribution in [0.4, 0.5) is 17.3 Å². The predicted octanol–water partition coefficient (Wildman–Crippen LogP) is 7.98. The lowest BCUT2D eigenvalue weighted by Gasteiger charge is -2.29. The molecule has 0 spiro atoms. The Kier molecular flexibility index (Phi) is 4.39. The smallest absolute Gasteiger partial charge is 0.248 e. The molecule has 1 aliphatic heterocycles. The molecule has 0 radical (unpaired) electrons. The first-order valence-electron chi connectivity index (χ1n) is 10.1. The molecule has 0 amide bonds. The maximum atomic E-state index is 13.0. The van der Waals surface area contributed by atoms with Crippen molar-refractivity contribution in [2.45, 2.75) is 6.42 Å². The molecule has 1 aliphatic carbocycles. The topological polar surface area (TPSA) is 42.7 Å². The van der Waals surface area contributed by atoms with Crippen LogP contribution in [0, 0.1) is 0 Å². The van der Waals surface area contributed by atoms with E-state index in [0.29, 0.717) is 45.0 Å². The average Bonchev–Trinajstić information content (AvgIpc) is 3.36. The molecule has 32 heavy (non-hydrogen) atoms. The zero-order chi connectivity index (χ0) is 21.8. The van der Waals surface area contributed by atoms with Crippen molar-refractivity contribution in [3.05, 3.63) is 105 Å². The Labute approximate surface area is 194 Å². The van der Waals surface area contributed by atoms with Gasteiger partial charge in [0.05, 0.1) is 10.7 Å². The highest BCUT2D eigenvalue weighted by atomic mass is 35.5. The molecule has 6 heteroatoms. The third-order valence-electron chi connectivity index (χ3n) is 5.65. The van der Waals surface area contributed by atoms with E-state index in [4.69, 9.17) is 32.4 Å². The fourth-order valence-electron chi connectivity index (χ4n) is 4.20. The normalized spacial score (nSPS) is 15.4. The molecule has 0 saturated heterocycles. The summed E-state index contributed by atoms with van der Waals surface area (Å²) in [5.74, 6) is 2.25. The van der Waals surface area contributed by atoms with Crippen LogP contribution in [-0.2, 0) is 6.42 Å². The van der Waals surface area contributed by atoms with Gasteiger partial charge in [-0.3, -0.25) is 9.69 Å². The predicted molar refractivity (Wildman–Crippen MR) is 126 cm³/mol. The molecule has 6 rings (SSSR count). The van der Waals surface area contributed by atoms with Gasteiger partial charge >= 0.3 is 0 Å².